The number of imidazole rings is 1. The number of aryl methyl sites for hydroxylation is 1. The lowest BCUT2D eigenvalue weighted by Gasteiger charge is -2.07. The fraction of sp³-hybridized carbons (Fsp3) is 0.0714. The molecule has 3 aromatic rings. The SMILES string of the molecule is Cc1ccc2nc(N)n(-c3ccc(F)c(Br)c3)c2c1. The zero-order valence-corrected chi connectivity index (χ0v) is 11.8. The number of halogens is 2. The van der Waals surface area contributed by atoms with E-state index in [1.54, 1.807) is 12.1 Å². The van der Waals surface area contributed by atoms with E-state index >= 15 is 0 Å². The summed E-state index contributed by atoms with van der Waals surface area (Å²) in [7, 11) is 0. The molecular formula is C14H11BrFN3. The number of nitrogen functional groups attached to an aromatic ring is 1. The molecule has 0 saturated heterocycles. The predicted octanol–water partition coefficient (Wildman–Crippen LogP) is 3.82. The van der Waals surface area contributed by atoms with Gasteiger partial charge in [-0.3, -0.25) is 4.57 Å². The van der Waals surface area contributed by atoms with Crippen molar-refractivity contribution in [1.29, 1.82) is 0 Å². The number of nitrogens with two attached hydrogens (primary N) is 1. The lowest BCUT2D eigenvalue weighted by atomic mass is 10.2. The topological polar surface area (TPSA) is 43.8 Å². The molecule has 0 fully saturated rings. The van der Waals surface area contributed by atoms with E-state index < -0.39 is 0 Å². The molecule has 0 amide bonds. The highest BCUT2D eigenvalue weighted by Crippen LogP contribution is 2.26. The number of benzene rings is 2. The van der Waals surface area contributed by atoms with Crippen LogP contribution in [0.4, 0.5) is 10.3 Å². The molecule has 0 saturated carbocycles. The zero-order chi connectivity index (χ0) is 13.6. The molecule has 0 aliphatic rings. The predicted molar refractivity (Wildman–Crippen MR) is 77.9 cm³/mol. The van der Waals surface area contributed by atoms with E-state index in [1.807, 2.05) is 29.7 Å². The summed E-state index contributed by atoms with van der Waals surface area (Å²) in [5.41, 5.74) is 9.60. The molecule has 0 atom stereocenters. The van der Waals surface area contributed by atoms with Crippen LogP contribution in [-0.4, -0.2) is 9.55 Å². The second-order valence-electron chi connectivity index (χ2n) is 4.40. The van der Waals surface area contributed by atoms with Gasteiger partial charge in [0.05, 0.1) is 21.2 Å². The van der Waals surface area contributed by atoms with E-state index in [1.165, 1.54) is 6.07 Å². The Kier molecular flexibility index (Phi) is 2.78. The van der Waals surface area contributed by atoms with Crippen molar-refractivity contribution in [1.82, 2.24) is 9.55 Å². The molecule has 3 rings (SSSR count). The quantitative estimate of drug-likeness (QED) is 0.741. The average molecular weight is 320 g/mol. The summed E-state index contributed by atoms with van der Waals surface area (Å²) in [5.74, 6) is 0.0852. The van der Waals surface area contributed by atoms with Gasteiger partial charge in [-0.1, -0.05) is 6.07 Å². The normalized spacial score (nSPS) is 11.1. The minimum atomic E-state index is -0.303. The first-order valence-corrected chi connectivity index (χ1v) is 6.55. The molecule has 2 N–H and O–H groups in total. The van der Waals surface area contributed by atoms with Crippen LogP contribution in [0.25, 0.3) is 16.7 Å². The first-order chi connectivity index (χ1) is 9.06. The third-order valence-corrected chi connectivity index (χ3v) is 3.61. The molecule has 5 heteroatoms. The number of hydrogen-bond acceptors (Lipinski definition) is 2. The summed E-state index contributed by atoms with van der Waals surface area (Å²) in [5, 5.41) is 0. The van der Waals surface area contributed by atoms with Gasteiger partial charge >= 0.3 is 0 Å². The molecule has 0 bridgehead atoms. The van der Waals surface area contributed by atoms with Crippen molar-refractivity contribution in [2.24, 2.45) is 0 Å². The summed E-state index contributed by atoms with van der Waals surface area (Å²) in [4.78, 5) is 4.31. The van der Waals surface area contributed by atoms with Crippen molar-refractivity contribution >= 4 is 32.9 Å². The van der Waals surface area contributed by atoms with E-state index in [0.29, 0.717) is 10.4 Å². The highest BCUT2D eigenvalue weighted by molar-refractivity contribution is 9.10. The lowest BCUT2D eigenvalue weighted by molar-refractivity contribution is 0.620. The number of rotatable bonds is 1. The van der Waals surface area contributed by atoms with Crippen LogP contribution in [0.1, 0.15) is 5.56 Å². The Hall–Kier alpha value is -1.88. The van der Waals surface area contributed by atoms with Gasteiger partial charge in [0.2, 0.25) is 5.95 Å². The summed E-state index contributed by atoms with van der Waals surface area (Å²) < 4.78 is 15.5. The molecule has 0 aliphatic carbocycles. The van der Waals surface area contributed by atoms with Crippen molar-refractivity contribution < 1.29 is 4.39 Å². The van der Waals surface area contributed by atoms with Gasteiger partial charge < -0.3 is 5.73 Å². The van der Waals surface area contributed by atoms with Crippen LogP contribution < -0.4 is 5.73 Å². The minimum absolute atomic E-state index is 0.303. The van der Waals surface area contributed by atoms with E-state index in [-0.39, 0.29) is 5.82 Å². The Morgan fingerprint density at radius 3 is 2.74 bits per heavy atom. The van der Waals surface area contributed by atoms with Gasteiger partial charge in [0.1, 0.15) is 5.82 Å². The highest BCUT2D eigenvalue weighted by atomic mass is 79.9. The van der Waals surface area contributed by atoms with Gasteiger partial charge in [-0.2, -0.15) is 0 Å². The molecule has 3 nitrogen and oxygen atoms in total. The summed E-state index contributed by atoms with van der Waals surface area (Å²) in [6.07, 6.45) is 0. The van der Waals surface area contributed by atoms with Gasteiger partial charge in [-0.15, -0.1) is 0 Å². The Bertz CT molecular complexity index is 780. The lowest BCUT2D eigenvalue weighted by Crippen LogP contribution is -2.01. The molecule has 0 aliphatic heterocycles. The Morgan fingerprint density at radius 2 is 2.00 bits per heavy atom. The summed E-state index contributed by atoms with van der Waals surface area (Å²) in [6.45, 7) is 2.01. The molecule has 2 aromatic carbocycles. The molecule has 1 heterocycles. The number of nitrogens with zero attached hydrogens (tertiary/aromatic N) is 2. The van der Waals surface area contributed by atoms with E-state index in [2.05, 4.69) is 20.9 Å². The number of fused-ring (bicyclic) bond motifs is 1. The number of anilines is 1. The van der Waals surface area contributed by atoms with Crippen molar-refractivity contribution in [3.63, 3.8) is 0 Å². The molecule has 19 heavy (non-hydrogen) atoms. The average Bonchev–Trinajstić information content (AvgIpc) is 2.68. The number of aromatic nitrogens is 2. The van der Waals surface area contributed by atoms with Gasteiger partial charge in [-0.05, 0) is 58.7 Å². The largest absolute Gasteiger partial charge is 0.369 e. The third-order valence-electron chi connectivity index (χ3n) is 3.00. The molecular weight excluding hydrogens is 309 g/mol. The van der Waals surface area contributed by atoms with Crippen LogP contribution in [-0.2, 0) is 0 Å². The third kappa shape index (κ3) is 2.00. The smallest absolute Gasteiger partial charge is 0.205 e. The van der Waals surface area contributed by atoms with Gasteiger partial charge in [0.25, 0.3) is 0 Å². The number of hydrogen-bond donors (Lipinski definition) is 1. The maximum Gasteiger partial charge on any atom is 0.205 e. The maximum absolute atomic E-state index is 13.3. The van der Waals surface area contributed by atoms with Gasteiger partial charge in [-0.25, -0.2) is 9.37 Å². The molecule has 0 unspecified atom stereocenters. The molecule has 0 radical (unpaired) electrons. The first-order valence-electron chi connectivity index (χ1n) is 5.76. The van der Waals surface area contributed by atoms with Gasteiger partial charge in [0.15, 0.2) is 0 Å². The molecule has 0 spiro atoms. The van der Waals surface area contributed by atoms with Crippen LogP contribution in [0.15, 0.2) is 40.9 Å². The fourth-order valence-electron chi connectivity index (χ4n) is 2.10. The van der Waals surface area contributed by atoms with Crippen LogP contribution in [0.5, 0.6) is 0 Å². The van der Waals surface area contributed by atoms with Crippen molar-refractivity contribution in [3.05, 3.63) is 52.3 Å². The Balaban J connectivity index is 2.31. The van der Waals surface area contributed by atoms with Crippen LogP contribution in [0, 0.1) is 12.7 Å². The minimum Gasteiger partial charge on any atom is -0.369 e. The monoisotopic (exact) mass is 319 g/mol. The second kappa shape index (κ2) is 4.35. The highest BCUT2D eigenvalue weighted by Gasteiger charge is 2.11. The Morgan fingerprint density at radius 1 is 1.21 bits per heavy atom. The van der Waals surface area contributed by atoms with Crippen molar-refractivity contribution in [2.45, 2.75) is 6.92 Å². The van der Waals surface area contributed by atoms with E-state index in [9.17, 15) is 4.39 Å². The van der Waals surface area contributed by atoms with Crippen LogP contribution >= 0.6 is 15.9 Å². The first kappa shape index (κ1) is 12.2. The summed E-state index contributed by atoms with van der Waals surface area (Å²) >= 11 is 3.19. The van der Waals surface area contributed by atoms with Crippen molar-refractivity contribution in [2.75, 3.05) is 5.73 Å². The van der Waals surface area contributed by atoms with Crippen LogP contribution in [0.3, 0.4) is 0 Å². The molecule has 1 aromatic heterocycles. The van der Waals surface area contributed by atoms with Crippen molar-refractivity contribution in [3.8, 4) is 5.69 Å². The summed E-state index contributed by atoms with van der Waals surface area (Å²) in [6, 6.07) is 10.7. The fourth-order valence-corrected chi connectivity index (χ4v) is 2.47. The Labute approximate surface area is 118 Å². The zero-order valence-electron chi connectivity index (χ0n) is 10.2. The van der Waals surface area contributed by atoms with Crippen LogP contribution in [0.2, 0.25) is 0 Å². The maximum atomic E-state index is 13.3. The van der Waals surface area contributed by atoms with E-state index in [0.717, 1.165) is 22.3 Å². The van der Waals surface area contributed by atoms with E-state index in [4.69, 9.17) is 5.73 Å². The standard InChI is InChI=1S/C14H11BrFN3/c1-8-2-5-12-13(6-8)19(14(17)18-12)9-3-4-11(16)10(15)7-9/h2-7H,1H3,(H2,17,18). The molecule has 96 valence electrons. The second-order valence-corrected chi connectivity index (χ2v) is 5.25. The van der Waals surface area contributed by atoms with Gasteiger partial charge in [0, 0.05) is 0 Å².